The zero-order valence-electron chi connectivity index (χ0n) is 12.5. The molecule has 0 spiro atoms. The summed E-state index contributed by atoms with van der Waals surface area (Å²) in [6.45, 7) is 7.57. The summed E-state index contributed by atoms with van der Waals surface area (Å²) >= 11 is 0. The van der Waals surface area contributed by atoms with Gasteiger partial charge in [-0.1, -0.05) is 43.7 Å². The minimum atomic E-state index is -0.584. The third-order valence-corrected chi connectivity index (χ3v) is 3.88. The van der Waals surface area contributed by atoms with Crippen LogP contribution >= 0.6 is 0 Å². The van der Waals surface area contributed by atoms with Crippen LogP contribution in [0.4, 0.5) is 0 Å². The van der Waals surface area contributed by atoms with E-state index < -0.39 is 5.41 Å². The summed E-state index contributed by atoms with van der Waals surface area (Å²) in [5.74, 6) is -0.0305. The third-order valence-electron chi connectivity index (χ3n) is 3.88. The second-order valence-corrected chi connectivity index (χ2v) is 6.19. The van der Waals surface area contributed by atoms with Gasteiger partial charge in [-0.05, 0) is 25.8 Å². The van der Waals surface area contributed by atoms with Gasteiger partial charge in [0.25, 0.3) is 0 Å². The van der Waals surface area contributed by atoms with Crippen LogP contribution in [0.25, 0.3) is 0 Å². The first kappa shape index (κ1) is 14.5. The second-order valence-electron chi connectivity index (χ2n) is 6.19. The first-order valence-electron chi connectivity index (χ1n) is 6.90. The van der Waals surface area contributed by atoms with Gasteiger partial charge >= 0.3 is 0 Å². The molecule has 0 aliphatic heterocycles. The molecule has 3 nitrogen and oxygen atoms in total. The molecule has 2 rings (SSSR count). The Morgan fingerprint density at radius 2 is 1.95 bits per heavy atom. The first-order chi connectivity index (χ1) is 9.32. The molecule has 0 bridgehead atoms. The summed E-state index contributed by atoms with van der Waals surface area (Å²) < 4.78 is 0. The monoisotopic (exact) mass is 271 g/mol. The third kappa shape index (κ3) is 2.67. The van der Waals surface area contributed by atoms with Gasteiger partial charge in [0.05, 0.1) is 0 Å². The molecule has 3 heteroatoms. The van der Waals surface area contributed by atoms with E-state index in [2.05, 4.69) is 5.32 Å². The smallest absolute Gasteiger partial charge is 0.244 e. The average Bonchev–Trinajstić information content (AvgIpc) is 2.35. The lowest BCUT2D eigenvalue weighted by Gasteiger charge is -2.38. The highest BCUT2D eigenvalue weighted by molar-refractivity contribution is 6.03. The highest BCUT2D eigenvalue weighted by atomic mass is 16.2. The zero-order valence-corrected chi connectivity index (χ0v) is 12.5. The number of fused-ring (bicyclic) bond motifs is 1. The van der Waals surface area contributed by atoms with Crippen LogP contribution in [0.3, 0.4) is 0 Å². The second kappa shape index (κ2) is 5.23. The molecule has 0 fully saturated rings. The normalized spacial score (nSPS) is 20.0. The molecule has 0 aromatic heterocycles. The molecule has 20 heavy (non-hydrogen) atoms. The van der Waals surface area contributed by atoms with Crippen LogP contribution in [0.15, 0.2) is 35.9 Å². The van der Waals surface area contributed by atoms with E-state index >= 15 is 0 Å². The van der Waals surface area contributed by atoms with Crippen molar-refractivity contribution in [3.8, 4) is 0 Å². The van der Waals surface area contributed by atoms with Gasteiger partial charge in [0.1, 0.15) is 0 Å². The van der Waals surface area contributed by atoms with Crippen molar-refractivity contribution >= 4 is 11.7 Å². The lowest BCUT2D eigenvalue weighted by atomic mass is 9.69. The molecular weight excluding hydrogens is 250 g/mol. The Balaban J connectivity index is 2.30. The van der Waals surface area contributed by atoms with Crippen molar-refractivity contribution < 1.29 is 9.59 Å². The summed E-state index contributed by atoms with van der Waals surface area (Å²) in [5.41, 5.74) is 2.16. The minimum Gasteiger partial charge on any atom is -0.348 e. The number of carbonyl (C=O) groups is 2. The van der Waals surface area contributed by atoms with Crippen LogP contribution in [-0.4, -0.2) is 17.7 Å². The number of amides is 1. The van der Waals surface area contributed by atoms with Gasteiger partial charge in [0.15, 0.2) is 5.78 Å². The highest BCUT2D eigenvalue weighted by Gasteiger charge is 2.42. The SMILES string of the molecule is CC(C)=CC(=O)NC1Cc2ccccc2C(=O)C1(C)C. The van der Waals surface area contributed by atoms with Crippen molar-refractivity contribution in [3.63, 3.8) is 0 Å². The van der Waals surface area contributed by atoms with Crippen molar-refractivity contribution in [1.29, 1.82) is 0 Å². The van der Waals surface area contributed by atoms with Crippen LogP contribution in [-0.2, 0) is 11.2 Å². The van der Waals surface area contributed by atoms with Gasteiger partial charge < -0.3 is 5.32 Å². The Hall–Kier alpha value is -1.90. The van der Waals surface area contributed by atoms with E-state index in [-0.39, 0.29) is 17.7 Å². The van der Waals surface area contributed by atoms with Crippen LogP contribution in [0.1, 0.15) is 43.6 Å². The maximum Gasteiger partial charge on any atom is 0.244 e. The van der Waals surface area contributed by atoms with E-state index in [9.17, 15) is 9.59 Å². The lowest BCUT2D eigenvalue weighted by molar-refractivity contribution is -0.117. The maximum atomic E-state index is 12.6. The fourth-order valence-electron chi connectivity index (χ4n) is 2.61. The van der Waals surface area contributed by atoms with Crippen molar-refractivity contribution in [3.05, 3.63) is 47.0 Å². The number of allylic oxidation sites excluding steroid dienone is 1. The molecule has 1 unspecified atom stereocenters. The summed E-state index contributed by atoms with van der Waals surface area (Å²) in [6, 6.07) is 7.47. The summed E-state index contributed by atoms with van der Waals surface area (Å²) in [7, 11) is 0. The molecule has 0 saturated carbocycles. The molecule has 1 aliphatic carbocycles. The first-order valence-corrected chi connectivity index (χ1v) is 6.90. The molecule has 1 N–H and O–H groups in total. The Bertz CT molecular complexity index is 580. The van der Waals surface area contributed by atoms with E-state index in [1.807, 2.05) is 52.0 Å². The molecule has 1 aromatic carbocycles. The number of rotatable bonds is 2. The number of carbonyl (C=O) groups excluding carboxylic acids is 2. The Morgan fingerprint density at radius 1 is 1.30 bits per heavy atom. The highest BCUT2D eigenvalue weighted by Crippen LogP contribution is 2.35. The molecule has 0 heterocycles. The van der Waals surface area contributed by atoms with Crippen molar-refractivity contribution in [2.45, 2.75) is 40.2 Å². The van der Waals surface area contributed by atoms with E-state index in [1.54, 1.807) is 6.08 Å². The zero-order chi connectivity index (χ0) is 14.9. The van der Waals surface area contributed by atoms with Gasteiger partial charge in [0.2, 0.25) is 5.91 Å². The van der Waals surface area contributed by atoms with Gasteiger partial charge in [0, 0.05) is 23.1 Å². The largest absolute Gasteiger partial charge is 0.348 e. The van der Waals surface area contributed by atoms with Gasteiger partial charge in [-0.2, -0.15) is 0 Å². The Kier molecular flexibility index (Phi) is 3.80. The molecule has 0 radical (unpaired) electrons. The van der Waals surface area contributed by atoms with Crippen LogP contribution in [0.5, 0.6) is 0 Å². The predicted molar refractivity (Wildman–Crippen MR) is 79.6 cm³/mol. The molecule has 1 aromatic rings. The fourth-order valence-corrected chi connectivity index (χ4v) is 2.61. The van der Waals surface area contributed by atoms with Crippen LogP contribution in [0.2, 0.25) is 0 Å². The van der Waals surface area contributed by atoms with Crippen molar-refractivity contribution in [2.75, 3.05) is 0 Å². The van der Waals surface area contributed by atoms with Gasteiger partial charge in [-0.15, -0.1) is 0 Å². The number of ketones is 1. The van der Waals surface area contributed by atoms with E-state index in [4.69, 9.17) is 0 Å². The summed E-state index contributed by atoms with van der Waals surface area (Å²) in [6.07, 6.45) is 2.26. The molecule has 106 valence electrons. The summed E-state index contributed by atoms with van der Waals surface area (Å²) in [5, 5.41) is 2.98. The van der Waals surface area contributed by atoms with Crippen molar-refractivity contribution in [1.82, 2.24) is 5.32 Å². The van der Waals surface area contributed by atoms with Gasteiger partial charge in [-0.3, -0.25) is 9.59 Å². The minimum absolute atomic E-state index is 0.0989. The molecule has 1 atom stereocenters. The van der Waals surface area contributed by atoms with Crippen molar-refractivity contribution in [2.24, 2.45) is 5.41 Å². The van der Waals surface area contributed by atoms with Crippen LogP contribution < -0.4 is 5.32 Å². The summed E-state index contributed by atoms with van der Waals surface area (Å²) in [4.78, 5) is 24.5. The number of hydrogen-bond acceptors (Lipinski definition) is 2. The van der Waals surface area contributed by atoms with Crippen LogP contribution in [0, 0.1) is 5.41 Å². The standard InChI is InChI=1S/C17H21NO2/c1-11(2)9-15(19)18-14-10-12-7-5-6-8-13(12)16(20)17(14,3)4/h5-9,14H,10H2,1-4H3,(H,18,19). The quantitative estimate of drug-likeness (QED) is 0.841. The Labute approximate surface area is 120 Å². The number of nitrogens with one attached hydrogen (secondary N) is 1. The fraction of sp³-hybridized carbons (Fsp3) is 0.412. The average molecular weight is 271 g/mol. The number of Topliss-reactive ketones (excluding diaryl/α,β-unsaturated/α-hetero) is 1. The molecule has 1 aliphatic rings. The molecule has 1 amide bonds. The maximum absolute atomic E-state index is 12.6. The van der Waals surface area contributed by atoms with E-state index in [1.165, 1.54) is 0 Å². The molecule has 0 saturated heterocycles. The predicted octanol–water partition coefficient (Wildman–Crippen LogP) is 2.90. The topological polar surface area (TPSA) is 46.2 Å². The number of hydrogen-bond donors (Lipinski definition) is 1. The lowest BCUT2D eigenvalue weighted by Crippen LogP contribution is -2.52. The Morgan fingerprint density at radius 3 is 2.60 bits per heavy atom. The number of benzene rings is 1. The van der Waals surface area contributed by atoms with E-state index in [0.29, 0.717) is 6.42 Å². The van der Waals surface area contributed by atoms with E-state index in [0.717, 1.165) is 16.7 Å². The van der Waals surface area contributed by atoms with Gasteiger partial charge in [-0.25, -0.2) is 0 Å². The molecular formula is C17H21NO2.